The molecule has 2 rings (SSSR count). The lowest BCUT2D eigenvalue weighted by Crippen LogP contribution is -2.40. The van der Waals surface area contributed by atoms with Crippen LogP contribution in [0.2, 0.25) is 0 Å². The lowest BCUT2D eigenvalue weighted by Gasteiger charge is -2.26. The molecule has 0 atom stereocenters. The number of nitrogens with zero attached hydrogens (tertiary/aromatic N) is 1. The number of carbonyl (C=O) groups is 1. The van der Waals surface area contributed by atoms with Crippen LogP contribution in [0.15, 0.2) is 0 Å². The Hall–Kier alpha value is -1.36. The van der Waals surface area contributed by atoms with Gasteiger partial charge in [0, 0.05) is 17.8 Å². The molecule has 1 aromatic heterocycles. The number of nitrogens with one attached hydrogen (secondary N) is 2. The molecule has 5 nitrogen and oxygen atoms in total. The van der Waals surface area contributed by atoms with E-state index in [1.54, 1.807) is 0 Å². The minimum absolute atomic E-state index is 0.0192. The number of amides is 1. The van der Waals surface area contributed by atoms with E-state index >= 15 is 0 Å². The predicted octanol–water partition coefficient (Wildman–Crippen LogP) is 1.03. The highest BCUT2D eigenvalue weighted by Gasteiger charge is 2.22. The SMILES string of the molecule is Cc1n[nH]c(C)c1C(=O)N[C@H]1CC[C@H](N)CC1. The van der Waals surface area contributed by atoms with Crippen LogP contribution in [0.3, 0.4) is 0 Å². The van der Waals surface area contributed by atoms with Gasteiger partial charge in [0.1, 0.15) is 0 Å². The van der Waals surface area contributed by atoms with Gasteiger partial charge in [0.25, 0.3) is 5.91 Å². The van der Waals surface area contributed by atoms with Crippen LogP contribution in [0, 0.1) is 13.8 Å². The summed E-state index contributed by atoms with van der Waals surface area (Å²) in [6.45, 7) is 3.71. The summed E-state index contributed by atoms with van der Waals surface area (Å²) in [5.74, 6) is -0.0192. The highest BCUT2D eigenvalue weighted by molar-refractivity contribution is 5.96. The number of rotatable bonds is 2. The Balaban J connectivity index is 1.98. The van der Waals surface area contributed by atoms with Crippen LogP contribution in [0.5, 0.6) is 0 Å². The molecule has 1 heterocycles. The minimum atomic E-state index is -0.0192. The lowest BCUT2D eigenvalue weighted by atomic mass is 9.91. The quantitative estimate of drug-likeness (QED) is 0.717. The fourth-order valence-corrected chi connectivity index (χ4v) is 2.41. The van der Waals surface area contributed by atoms with Crippen LogP contribution in [0.4, 0.5) is 0 Å². The Morgan fingerprint density at radius 2 is 2.00 bits per heavy atom. The van der Waals surface area contributed by atoms with Gasteiger partial charge in [0.2, 0.25) is 0 Å². The average Bonchev–Trinajstić information content (AvgIpc) is 2.62. The van der Waals surface area contributed by atoms with E-state index in [0.717, 1.165) is 37.1 Å². The second kappa shape index (κ2) is 4.87. The largest absolute Gasteiger partial charge is 0.349 e. The van der Waals surface area contributed by atoms with Crippen LogP contribution in [-0.4, -0.2) is 28.2 Å². The van der Waals surface area contributed by atoms with Crippen molar-refractivity contribution in [2.45, 2.75) is 51.6 Å². The molecular formula is C12H20N4O. The van der Waals surface area contributed by atoms with E-state index in [1.165, 1.54) is 0 Å². The van der Waals surface area contributed by atoms with Crippen LogP contribution in [-0.2, 0) is 0 Å². The van der Waals surface area contributed by atoms with Gasteiger partial charge in [0.05, 0.1) is 11.3 Å². The zero-order chi connectivity index (χ0) is 12.4. The zero-order valence-electron chi connectivity index (χ0n) is 10.4. The van der Waals surface area contributed by atoms with Crippen LogP contribution < -0.4 is 11.1 Å². The molecule has 0 saturated heterocycles. The highest BCUT2D eigenvalue weighted by atomic mass is 16.1. The van der Waals surface area contributed by atoms with E-state index in [-0.39, 0.29) is 11.9 Å². The van der Waals surface area contributed by atoms with E-state index < -0.39 is 0 Å². The van der Waals surface area contributed by atoms with Gasteiger partial charge in [-0.15, -0.1) is 0 Å². The molecule has 0 aromatic carbocycles. The fraction of sp³-hybridized carbons (Fsp3) is 0.667. The maximum absolute atomic E-state index is 12.1. The molecule has 1 saturated carbocycles. The Labute approximate surface area is 101 Å². The first kappa shape index (κ1) is 12.1. The lowest BCUT2D eigenvalue weighted by molar-refractivity contribution is 0.0924. The number of hydrogen-bond acceptors (Lipinski definition) is 3. The molecule has 0 radical (unpaired) electrons. The zero-order valence-corrected chi connectivity index (χ0v) is 10.4. The van der Waals surface area contributed by atoms with Crippen molar-refractivity contribution in [1.82, 2.24) is 15.5 Å². The maximum atomic E-state index is 12.1. The standard InChI is InChI=1S/C12H20N4O/c1-7-11(8(2)16-15-7)12(17)14-10-5-3-9(13)4-6-10/h9-10H,3-6,13H2,1-2H3,(H,14,17)(H,15,16)/t9-,10-. The van der Waals surface area contributed by atoms with Crippen molar-refractivity contribution >= 4 is 5.91 Å². The van der Waals surface area contributed by atoms with Gasteiger partial charge < -0.3 is 11.1 Å². The van der Waals surface area contributed by atoms with Crippen LogP contribution in [0.25, 0.3) is 0 Å². The first-order valence-corrected chi connectivity index (χ1v) is 6.16. The normalized spacial score (nSPS) is 24.6. The first-order chi connectivity index (χ1) is 8.08. The monoisotopic (exact) mass is 236 g/mol. The number of aryl methyl sites for hydroxylation is 2. The number of aromatic nitrogens is 2. The number of carbonyl (C=O) groups excluding carboxylic acids is 1. The summed E-state index contributed by atoms with van der Waals surface area (Å²) >= 11 is 0. The van der Waals surface area contributed by atoms with E-state index in [1.807, 2.05) is 13.8 Å². The molecule has 0 bridgehead atoms. The van der Waals surface area contributed by atoms with E-state index in [4.69, 9.17) is 5.73 Å². The van der Waals surface area contributed by atoms with Crippen molar-refractivity contribution in [3.05, 3.63) is 17.0 Å². The Kier molecular flexibility index (Phi) is 3.47. The second-order valence-electron chi connectivity index (χ2n) is 4.89. The third-order valence-electron chi connectivity index (χ3n) is 3.46. The topological polar surface area (TPSA) is 83.8 Å². The summed E-state index contributed by atoms with van der Waals surface area (Å²) in [5.41, 5.74) is 8.11. The summed E-state index contributed by atoms with van der Waals surface area (Å²) in [5, 5.41) is 9.94. The molecule has 5 heteroatoms. The molecule has 94 valence electrons. The van der Waals surface area contributed by atoms with Crippen molar-refractivity contribution in [3.63, 3.8) is 0 Å². The van der Waals surface area contributed by atoms with Crippen molar-refractivity contribution in [1.29, 1.82) is 0 Å². The van der Waals surface area contributed by atoms with Gasteiger partial charge >= 0.3 is 0 Å². The predicted molar refractivity (Wildman–Crippen MR) is 65.8 cm³/mol. The summed E-state index contributed by atoms with van der Waals surface area (Å²) in [7, 11) is 0. The summed E-state index contributed by atoms with van der Waals surface area (Å²) in [6.07, 6.45) is 3.94. The molecule has 4 N–H and O–H groups in total. The molecule has 0 aliphatic heterocycles. The van der Waals surface area contributed by atoms with Gasteiger partial charge in [-0.2, -0.15) is 5.10 Å². The van der Waals surface area contributed by atoms with Gasteiger partial charge in [-0.25, -0.2) is 0 Å². The summed E-state index contributed by atoms with van der Waals surface area (Å²) in [6, 6.07) is 0.566. The molecule has 1 aliphatic carbocycles. The van der Waals surface area contributed by atoms with Crippen molar-refractivity contribution in [3.8, 4) is 0 Å². The molecule has 0 unspecified atom stereocenters. The van der Waals surface area contributed by atoms with Crippen molar-refractivity contribution in [2.24, 2.45) is 5.73 Å². The van der Waals surface area contributed by atoms with Crippen molar-refractivity contribution in [2.75, 3.05) is 0 Å². The van der Waals surface area contributed by atoms with Gasteiger partial charge in [-0.05, 0) is 39.5 Å². The average molecular weight is 236 g/mol. The van der Waals surface area contributed by atoms with E-state index in [2.05, 4.69) is 15.5 Å². The van der Waals surface area contributed by atoms with Gasteiger partial charge in [-0.1, -0.05) is 0 Å². The third kappa shape index (κ3) is 2.66. The highest BCUT2D eigenvalue weighted by Crippen LogP contribution is 2.18. The van der Waals surface area contributed by atoms with Crippen LogP contribution in [0.1, 0.15) is 47.4 Å². The van der Waals surface area contributed by atoms with E-state index in [0.29, 0.717) is 11.6 Å². The molecule has 17 heavy (non-hydrogen) atoms. The summed E-state index contributed by atoms with van der Waals surface area (Å²) in [4.78, 5) is 12.1. The Morgan fingerprint density at radius 1 is 1.35 bits per heavy atom. The van der Waals surface area contributed by atoms with Crippen molar-refractivity contribution < 1.29 is 4.79 Å². The molecule has 1 fully saturated rings. The molecule has 1 amide bonds. The number of H-pyrrole nitrogens is 1. The minimum Gasteiger partial charge on any atom is -0.349 e. The van der Waals surface area contributed by atoms with Crippen LogP contribution >= 0.6 is 0 Å². The molecule has 1 aromatic rings. The number of aromatic amines is 1. The van der Waals surface area contributed by atoms with Gasteiger partial charge in [-0.3, -0.25) is 9.89 Å². The van der Waals surface area contributed by atoms with E-state index in [9.17, 15) is 4.79 Å². The Bertz CT molecular complexity index is 385. The third-order valence-corrected chi connectivity index (χ3v) is 3.46. The number of nitrogens with two attached hydrogens (primary N) is 1. The number of hydrogen-bond donors (Lipinski definition) is 3. The summed E-state index contributed by atoms with van der Waals surface area (Å²) < 4.78 is 0. The smallest absolute Gasteiger partial charge is 0.255 e. The second-order valence-corrected chi connectivity index (χ2v) is 4.89. The maximum Gasteiger partial charge on any atom is 0.255 e. The molecule has 0 spiro atoms. The van der Waals surface area contributed by atoms with Gasteiger partial charge in [0.15, 0.2) is 0 Å². The fourth-order valence-electron chi connectivity index (χ4n) is 2.41. The molecular weight excluding hydrogens is 216 g/mol. The molecule has 1 aliphatic rings. The Morgan fingerprint density at radius 3 is 2.53 bits per heavy atom. The first-order valence-electron chi connectivity index (χ1n) is 6.16.